The average Bonchev–Trinajstić information content (AvgIpc) is 3.02. The van der Waals surface area contributed by atoms with E-state index >= 15 is 0 Å². The highest BCUT2D eigenvalue weighted by molar-refractivity contribution is 5.72. The highest BCUT2D eigenvalue weighted by Gasteiger charge is 2.31. The maximum atomic E-state index is 11.3. The van der Waals surface area contributed by atoms with Crippen molar-refractivity contribution in [2.45, 2.75) is 71.4 Å². The maximum absolute atomic E-state index is 11.3. The summed E-state index contributed by atoms with van der Waals surface area (Å²) in [7, 11) is 0. The Hall–Kier alpha value is -1.49. The minimum atomic E-state index is -0.00740. The van der Waals surface area contributed by atoms with Gasteiger partial charge in [0.2, 0.25) is 5.91 Å². The molecule has 5 nitrogen and oxygen atoms in total. The Morgan fingerprint density at radius 1 is 1.25 bits per heavy atom. The first kappa shape index (κ1) is 17.3. The molecule has 0 radical (unpaired) electrons. The summed E-state index contributed by atoms with van der Waals surface area (Å²) in [4.78, 5) is 23.0. The summed E-state index contributed by atoms with van der Waals surface area (Å²) in [5.74, 6) is 1.66. The van der Waals surface area contributed by atoms with Gasteiger partial charge in [-0.2, -0.15) is 0 Å². The van der Waals surface area contributed by atoms with E-state index in [9.17, 15) is 4.79 Å². The number of hydrogen-bond acceptors (Lipinski definition) is 4. The van der Waals surface area contributed by atoms with Gasteiger partial charge in [0, 0.05) is 31.8 Å². The monoisotopic (exact) mass is 330 g/mol. The van der Waals surface area contributed by atoms with Gasteiger partial charge < -0.3 is 5.32 Å². The standard InChI is InChI=1S/C19H30N4O/c1-14-20-11-17(12-21-15(2)24)19(22-14)18-9-6-10-23(18)13-16-7-4-3-5-8-16/h11,16,18H,3-10,12-13H2,1-2H3,(H,21,24)/t18-/m0/s1. The lowest BCUT2D eigenvalue weighted by Gasteiger charge is -2.31. The fourth-order valence-electron chi connectivity index (χ4n) is 4.21. The zero-order chi connectivity index (χ0) is 16.9. The zero-order valence-electron chi connectivity index (χ0n) is 15.1. The molecule has 1 N–H and O–H groups in total. The molecule has 2 fully saturated rings. The predicted octanol–water partition coefficient (Wildman–Crippen LogP) is 3.14. The molecule has 1 aromatic rings. The van der Waals surface area contributed by atoms with Gasteiger partial charge in [0.25, 0.3) is 0 Å². The fourth-order valence-corrected chi connectivity index (χ4v) is 4.21. The first-order valence-electron chi connectivity index (χ1n) is 9.44. The van der Waals surface area contributed by atoms with Crippen LogP contribution >= 0.6 is 0 Å². The van der Waals surface area contributed by atoms with Crippen molar-refractivity contribution in [1.82, 2.24) is 20.2 Å². The lowest BCUT2D eigenvalue weighted by molar-refractivity contribution is -0.119. The molecule has 2 heterocycles. The molecular weight excluding hydrogens is 300 g/mol. The molecule has 1 aromatic heterocycles. The van der Waals surface area contributed by atoms with Crippen molar-refractivity contribution in [3.8, 4) is 0 Å². The summed E-state index contributed by atoms with van der Waals surface area (Å²) in [6.45, 7) is 6.40. The summed E-state index contributed by atoms with van der Waals surface area (Å²) < 4.78 is 0. The van der Waals surface area contributed by atoms with E-state index < -0.39 is 0 Å². The number of likely N-dealkylation sites (tertiary alicyclic amines) is 1. The van der Waals surface area contributed by atoms with E-state index in [-0.39, 0.29) is 5.91 Å². The molecule has 0 unspecified atom stereocenters. The second-order valence-electron chi connectivity index (χ2n) is 7.39. The molecule has 24 heavy (non-hydrogen) atoms. The molecule has 1 aliphatic heterocycles. The largest absolute Gasteiger partial charge is 0.352 e. The minimum absolute atomic E-state index is 0.00740. The van der Waals surface area contributed by atoms with Gasteiger partial charge in [-0.1, -0.05) is 19.3 Å². The van der Waals surface area contributed by atoms with Crippen LogP contribution in [0.25, 0.3) is 0 Å². The molecule has 132 valence electrons. The number of nitrogens with zero attached hydrogens (tertiary/aromatic N) is 3. The van der Waals surface area contributed by atoms with Crippen LogP contribution in [0.5, 0.6) is 0 Å². The molecule has 1 atom stereocenters. The molecule has 5 heteroatoms. The molecule has 3 rings (SSSR count). The Morgan fingerprint density at radius 2 is 2.04 bits per heavy atom. The SMILES string of the molecule is CC(=O)NCc1cnc(C)nc1[C@@H]1CCCN1CC1CCCCC1. The number of rotatable bonds is 5. The van der Waals surface area contributed by atoms with Crippen LogP contribution in [0.1, 0.15) is 75.0 Å². The number of aromatic nitrogens is 2. The summed E-state index contributed by atoms with van der Waals surface area (Å²) in [6, 6.07) is 0.386. The van der Waals surface area contributed by atoms with Crippen molar-refractivity contribution >= 4 is 5.91 Å². The Labute approximate surface area is 145 Å². The molecule has 1 saturated heterocycles. The third-order valence-electron chi connectivity index (χ3n) is 5.44. The Kier molecular flexibility index (Phi) is 5.82. The highest BCUT2D eigenvalue weighted by atomic mass is 16.1. The van der Waals surface area contributed by atoms with Crippen molar-refractivity contribution in [3.05, 3.63) is 23.3 Å². The molecule has 1 aliphatic carbocycles. The number of carbonyl (C=O) groups is 1. The number of nitrogens with one attached hydrogen (secondary N) is 1. The third kappa shape index (κ3) is 4.32. The number of carbonyl (C=O) groups excluding carboxylic acids is 1. The van der Waals surface area contributed by atoms with Crippen molar-refractivity contribution < 1.29 is 4.79 Å². The third-order valence-corrected chi connectivity index (χ3v) is 5.44. The summed E-state index contributed by atoms with van der Waals surface area (Å²) in [5, 5.41) is 2.90. The smallest absolute Gasteiger partial charge is 0.217 e. The van der Waals surface area contributed by atoms with E-state index in [0.717, 1.165) is 29.4 Å². The Bertz CT molecular complexity index is 568. The molecule has 0 spiro atoms. The van der Waals surface area contributed by atoms with Gasteiger partial charge in [-0.3, -0.25) is 9.69 Å². The van der Waals surface area contributed by atoms with Crippen LogP contribution in [0.15, 0.2) is 6.20 Å². The summed E-state index contributed by atoms with van der Waals surface area (Å²) >= 11 is 0. The van der Waals surface area contributed by atoms with Gasteiger partial charge in [0.05, 0.1) is 11.7 Å². The van der Waals surface area contributed by atoms with Gasteiger partial charge in [-0.25, -0.2) is 9.97 Å². The number of aryl methyl sites for hydroxylation is 1. The topological polar surface area (TPSA) is 58.1 Å². The minimum Gasteiger partial charge on any atom is -0.352 e. The first-order valence-corrected chi connectivity index (χ1v) is 9.44. The van der Waals surface area contributed by atoms with Crippen molar-refractivity contribution in [2.75, 3.05) is 13.1 Å². The average molecular weight is 330 g/mol. The Morgan fingerprint density at radius 3 is 2.79 bits per heavy atom. The van der Waals surface area contributed by atoms with E-state index in [1.807, 2.05) is 13.1 Å². The fraction of sp³-hybridized carbons (Fsp3) is 0.737. The van der Waals surface area contributed by atoms with Gasteiger partial charge in [-0.05, 0) is 45.1 Å². The second kappa shape index (κ2) is 8.06. The van der Waals surface area contributed by atoms with Crippen molar-refractivity contribution in [3.63, 3.8) is 0 Å². The lowest BCUT2D eigenvalue weighted by atomic mass is 9.88. The highest BCUT2D eigenvalue weighted by Crippen LogP contribution is 2.35. The zero-order valence-corrected chi connectivity index (χ0v) is 15.1. The van der Waals surface area contributed by atoms with Gasteiger partial charge in [0.1, 0.15) is 5.82 Å². The van der Waals surface area contributed by atoms with Crippen LogP contribution < -0.4 is 5.32 Å². The van der Waals surface area contributed by atoms with Crippen LogP contribution in [0.3, 0.4) is 0 Å². The van der Waals surface area contributed by atoms with E-state index in [1.165, 1.54) is 51.6 Å². The van der Waals surface area contributed by atoms with Crippen LogP contribution in [-0.4, -0.2) is 33.9 Å². The maximum Gasteiger partial charge on any atom is 0.217 e. The first-order chi connectivity index (χ1) is 11.6. The number of amides is 1. The van der Waals surface area contributed by atoms with Crippen LogP contribution in [0.4, 0.5) is 0 Å². The van der Waals surface area contributed by atoms with E-state index in [1.54, 1.807) is 6.92 Å². The normalized spacial score (nSPS) is 22.7. The van der Waals surface area contributed by atoms with E-state index in [2.05, 4.69) is 15.2 Å². The molecule has 2 aliphatic rings. The number of hydrogen-bond donors (Lipinski definition) is 1. The van der Waals surface area contributed by atoms with Gasteiger partial charge in [-0.15, -0.1) is 0 Å². The van der Waals surface area contributed by atoms with Crippen molar-refractivity contribution in [2.24, 2.45) is 5.92 Å². The Balaban J connectivity index is 1.75. The van der Waals surface area contributed by atoms with Gasteiger partial charge in [0.15, 0.2) is 0 Å². The molecule has 0 bridgehead atoms. The summed E-state index contributed by atoms with van der Waals surface area (Å²) in [5.41, 5.74) is 2.20. The van der Waals surface area contributed by atoms with E-state index in [4.69, 9.17) is 4.98 Å². The van der Waals surface area contributed by atoms with Crippen LogP contribution in [-0.2, 0) is 11.3 Å². The van der Waals surface area contributed by atoms with Crippen LogP contribution in [0, 0.1) is 12.8 Å². The molecule has 1 saturated carbocycles. The van der Waals surface area contributed by atoms with Crippen molar-refractivity contribution in [1.29, 1.82) is 0 Å². The molecule has 1 amide bonds. The van der Waals surface area contributed by atoms with E-state index in [0.29, 0.717) is 12.6 Å². The summed E-state index contributed by atoms with van der Waals surface area (Å²) in [6.07, 6.45) is 11.2. The lowest BCUT2D eigenvalue weighted by Crippen LogP contribution is -2.32. The second-order valence-corrected chi connectivity index (χ2v) is 7.39. The predicted molar refractivity (Wildman–Crippen MR) is 94.4 cm³/mol. The van der Waals surface area contributed by atoms with Gasteiger partial charge >= 0.3 is 0 Å². The quantitative estimate of drug-likeness (QED) is 0.901. The molecule has 0 aromatic carbocycles. The van der Waals surface area contributed by atoms with Crippen LogP contribution in [0.2, 0.25) is 0 Å². The molecular formula is C19H30N4O.